The summed E-state index contributed by atoms with van der Waals surface area (Å²) in [5.41, 5.74) is -1.51. The van der Waals surface area contributed by atoms with E-state index in [0.29, 0.717) is 18.4 Å². The van der Waals surface area contributed by atoms with E-state index in [2.05, 4.69) is 9.97 Å². The van der Waals surface area contributed by atoms with Crippen molar-refractivity contribution in [1.82, 2.24) is 14.3 Å². The van der Waals surface area contributed by atoms with Gasteiger partial charge >= 0.3 is 0 Å². The summed E-state index contributed by atoms with van der Waals surface area (Å²) in [6.07, 6.45) is 0.148. The zero-order valence-corrected chi connectivity index (χ0v) is 16.2. The van der Waals surface area contributed by atoms with Gasteiger partial charge in [0, 0.05) is 31.8 Å². The van der Waals surface area contributed by atoms with Crippen molar-refractivity contribution in [2.45, 2.75) is 23.2 Å². The molecule has 28 heavy (non-hydrogen) atoms. The molecule has 2 aliphatic rings. The zero-order valence-electron chi connectivity index (χ0n) is 15.4. The van der Waals surface area contributed by atoms with E-state index in [9.17, 15) is 8.42 Å². The molecule has 150 valence electrons. The highest BCUT2D eigenvalue weighted by Gasteiger charge is 2.57. The molecule has 3 heterocycles. The first kappa shape index (κ1) is 19.0. The molecule has 4 rings (SSSR count). The van der Waals surface area contributed by atoms with Gasteiger partial charge in [0.2, 0.25) is 21.9 Å². The molecule has 1 spiro atoms. The number of rotatable bonds is 4. The first-order chi connectivity index (χ1) is 13.5. The minimum absolute atomic E-state index is 0.0754. The topological polar surface area (TPSA) is 84.9 Å². The van der Waals surface area contributed by atoms with Crippen LogP contribution in [0.3, 0.4) is 0 Å². The lowest BCUT2D eigenvalue weighted by molar-refractivity contribution is -0.116. The number of ether oxygens (including phenoxy) is 2. The van der Waals surface area contributed by atoms with Crippen LogP contribution in [-0.2, 0) is 14.8 Å². The fourth-order valence-electron chi connectivity index (χ4n) is 3.71. The third-order valence-electron chi connectivity index (χ3n) is 5.12. The molecule has 2 unspecified atom stereocenters. The smallest absolute Gasteiger partial charge is 0.245 e. The van der Waals surface area contributed by atoms with Crippen LogP contribution >= 0.6 is 0 Å². The molecule has 8 nitrogen and oxygen atoms in total. The molecule has 0 N–H and O–H groups in total. The fraction of sp³-hybridized carbons (Fsp3) is 0.444. The van der Waals surface area contributed by atoms with Crippen LogP contribution < -0.4 is 9.64 Å². The highest BCUT2D eigenvalue weighted by atomic mass is 32.2. The molecule has 2 atom stereocenters. The summed E-state index contributed by atoms with van der Waals surface area (Å²) in [7, 11) is -2.38. The minimum Gasteiger partial charge on any atom is -0.481 e. The fourth-order valence-corrected chi connectivity index (χ4v) is 5.45. The predicted octanol–water partition coefficient (Wildman–Crippen LogP) is 1.45. The van der Waals surface area contributed by atoms with Crippen molar-refractivity contribution in [2.24, 2.45) is 0 Å². The van der Waals surface area contributed by atoms with Crippen LogP contribution in [0.1, 0.15) is 6.42 Å². The lowest BCUT2D eigenvalue weighted by Gasteiger charge is -2.44. The normalized spacial score (nSPS) is 25.9. The van der Waals surface area contributed by atoms with Gasteiger partial charge in [-0.1, -0.05) is 18.2 Å². The van der Waals surface area contributed by atoms with Gasteiger partial charge in [0.05, 0.1) is 25.2 Å². The third-order valence-corrected chi connectivity index (χ3v) is 7.06. The average Bonchev–Trinajstić information content (AvgIpc) is 3.16. The minimum atomic E-state index is -3.87. The Kier molecular flexibility index (Phi) is 4.94. The SMILES string of the molecule is COc1ccnc(N2CCC3(OCCN3S(=O)(=O)c3ccccc3)C(F)C2)n1. The predicted molar refractivity (Wildman–Crippen MR) is 99.3 cm³/mol. The summed E-state index contributed by atoms with van der Waals surface area (Å²) >= 11 is 0. The Hall–Kier alpha value is -2.30. The molecule has 1 aromatic heterocycles. The highest BCUT2D eigenvalue weighted by molar-refractivity contribution is 7.89. The van der Waals surface area contributed by atoms with Crippen molar-refractivity contribution in [3.8, 4) is 5.88 Å². The van der Waals surface area contributed by atoms with E-state index in [0.717, 1.165) is 0 Å². The van der Waals surface area contributed by atoms with Crippen LogP contribution in [0.5, 0.6) is 5.88 Å². The molecule has 2 saturated heterocycles. The van der Waals surface area contributed by atoms with Crippen LogP contribution in [0, 0.1) is 0 Å². The van der Waals surface area contributed by atoms with Gasteiger partial charge in [-0.25, -0.2) is 17.8 Å². The monoisotopic (exact) mass is 408 g/mol. The van der Waals surface area contributed by atoms with E-state index in [1.54, 1.807) is 29.2 Å². The molecule has 2 aliphatic heterocycles. The Bertz CT molecular complexity index is 946. The van der Waals surface area contributed by atoms with E-state index >= 15 is 4.39 Å². The summed E-state index contributed by atoms with van der Waals surface area (Å²) in [5.74, 6) is 0.721. The quantitative estimate of drug-likeness (QED) is 0.757. The molecule has 0 bridgehead atoms. The summed E-state index contributed by atoms with van der Waals surface area (Å²) in [5, 5.41) is 0. The summed E-state index contributed by atoms with van der Waals surface area (Å²) < 4.78 is 53.6. The zero-order chi connectivity index (χ0) is 19.8. The molecule has 0 aliphatic carbocycles. The van der Waals surface area contributed by atoms with E-state index < -0.39 is 21.9 Å². The second kappa shape index (κ2) is 7.26. The number of benzene rings is 1. The van der Waals surface area contributed by atoms with Crippen LogP contribution in [0.4, 0.5) is 10.3 Å². The number of alkyl halides is 1. The van der Waals surface area contributed by atoms with Gasteiger partial charge in [0.1, 0.15) is 0 Å². The number of methoxy groups -OCH3 is 1. The lowest BCUT2D eigenvalue weighted by atomic mass is 9.99. The molecule has 2 aromatic rings. The second-order valence-corrected chi connectivity index (χ2v) is 8.51. The third kappa shape index (κ3) is 3.11. The van der Waals surface area contributed by atoms with Crippen molar-refractivity contribution in [2.75, 3.05) is 38.3 Å². The largest absolute Gasteiger partial charge is 0.481 e. The van der Waals surface area contributed by atoms with E-state index in [1.807, 2.05) is 0 Å². The summed E-state index contributed by atoms with van der Waals surface area (Å²) in [4.78, 5) is 10.2. The highest BCUT2D eigenvalue weighted by Crippen LogP contribution is 2.40. The summed E-state index contributed by atoms with van der Waals surface area (Å²) in [6.45, 7) is 0.553. The van der Waals surface area contributed by atoms with Crippen molar-refractivity contribution in [3.05, 3.63) is 42.6 Å². The number of hydrogen-bond acceptors (Lipinski definition) is 7. The molecule has 1 aromatic carbocycles. The Morgan fingerprint density at radius 2 is 2.04 bits per heavy atom. The van der Waals surface area contributed by atoms with E-state index in [1.165, 1.54) is 29.7 Å². The average molecular weight is 408 g/mol. The van der Waals surface area contributed by atoms with Gasteiger partial charge in [0.15, 0.2) is 11.9 Å². The number of nitrogens with zero attached hydrogens (tertiary/aromatic N) is 4. The number of aromatic nitrogens is 2. The maximum Gasteiger partial charge on any atom is 0.245 e. The van der Waals surface area contributed by atoms with Crippen LogP contribution in [0.2, 0.25) is 0 Å². The van der Waals surface area contributed by atoms with Gasteiger partial charge in [-0.2, -0.15) is 9.29 Å². The standard InChI is InChI=1S/C18H21FN4O4S/c1-26-16-7-9-20-17(21-16)22-10-8-18(15(19)13-22)23(11-12-27-18)28(24,25)14-5-3-2-4-6-14/h2-7,9,15H,8,10-13H2,1H3. The Balaban J connectivity index is 1.60. The van der Waals surface area contributed by atoms with Crippen molar-refractivity contribution < 1.29 is 22.3 Å². The van der Waals surface area contributed by atoms with E-state index in [-0.39, 0.29) is 31.0 Å². The maximum absolute atomic E-state index is 15.4. The first-order valence-corrected chi connectivity index (χ1v) is 10.4. The molecule has 0 radical (unpaired) electrons. The second-order valence-electron chi connectivity index (χ2n) is 6.65. The van der Waals surface area contributed by atoms with Crippen molar-refractivity contribution >= 4 is 16.0 Å². The molecule has 0 amide bonds. The molecule has 10 heteroatoms. The van der Waals surface area contributed by atoms with Crippen molar-refractivity contribution in [3.63, 3.8) is 0 Å². The molecule has 0 saturated carbocycles. The van der Waals surface area contributed by atoms with Gasteiger partial charge in [0.25, 0.3) is 0 Å². The maximum atomic E-state index is 15.4. The van der Waals surface area contributed by atoms with Gasteiger partial charge in [-0.05, 0) is 12.1 Å². The number of halogens is 1. The van der Waals surface area contributed by atoms with Crippen molar-refractivity contribution in [1.29, 1.82) is 0 Å². The summed E-state index contributed by atoms with van der Waals surface area (Å²) in [6, 6.07) is 9.65. The first-order valence-electron chi connectivity index (χ1n) is 8.95. The van der Waals surface area contributed by atoms with Crippen LogP contribution in [0.25, 0.3) is 0 Å². The number of sulfonamides is 1. The molecular weight excluding hydrogens is 387 g/mol. The van der Waals surface area contributed by atoms with Gasteiger partial charge in [-0.3, -0.25) is 0 Å². The van der Waals surface area contributed by atoms with Gasteiger partial charge in [-0.15, -0.1) is 0 Å². The lowest BCUT2D eigenvalue weighted by Crippen LogP contribution is -2.62. The Labute approximate surface area is 163 Å². The van der Waals surface area contributed by atoms with E-state index in [4.69, 9.17) is 9.47 Å². The van der Waals surface area contributed by atoms with Crippen LogP contribution in [-0.4, -0.2) is 67.9 Å². The Morgan fingerprint density at radius 3 is 2.75 bits per heavy atom. The molecule has 2 fully saturated rings. The number of piperidine rings is 1. The molecular formula is C18H21FN4O4S. The Morgan fingerprint density at radius 1 is 1.25 bits per heavy atom. The number of anilines is 1. The number of hydrogen-bond donors (Lipinski definition) is 0. The van der Waals surface area contributed by atoms with Gasteiger partial charge < -0.3 is 14.4 Å². The van der Waals surface area contributed by atoms with Crippen LogP contribution in [0.15, 0.2) is 47.5 Å².